The summed E-state index contributed by atoms with van der Waals surface area (Å²) >= 11 is 1.64. The molecular weight excluding hydrogens is 262 g/mol. The molecule has 1 aromatic carbocycles. The summed E-state index contributed by atoms with van der Waals surface area (Å²) in [7, 11) is 0. The van der Waals surface area contributed by atoms with Gasteiger partial charge < -0.3 is 14.8 Å². The maximum Gasteiger partial charge on any atom is 0.231 e. The second kappa shape index (κ2) is 5.74. The largest absolute Gasteiger partial charge is 0.454 e. The number of hydrogen-bond acceptors (Lipinski definition) is 4. The highest BCUT2D eigenvalue weighted by atomic mass is 32.2. The predicted octanol–water partition coefficient (Wildman–Crippen LogP) is 2.56. The van der Waals surface area contributed by atoms with Crippen LogP contribution in [0.2, 0.25) is 0 Å². The molecule has 0 unspecified atom stereocenters. The van der Waals surface area contributed by atoms with Gasteiger partial charge in [-0.25, -0.2) is 0 Å². The molecular formula is C14H19NO3S. The Morgan fingerprint density at radius 1 is 1.32 bits per heavy atom. The summed E-state index contributed by atoms with van der Waals surface area (Å²) < 4.78 is 10.6. The topological polar surface area (TPSA) is 47.6 Å². The van der Waals surface area contributed by atoms with Crippen molar-refractivity contribution in [2.75, 3.05) is 12.5 Å². The lowest BCUT2D eigenvalue weighted by Gasteiger charge is -2.17. The second-order valence-electron chi connectivity index (χ2n) is 5.37. The lowest BCUT2D eigenvalue weighted by Crippen LogP contribution is -2.26. The van der Waals surface area contributed by atoms with Gasteiger partial charge in [-0.3, -0.25) is 4.79 Å². The van der Waals surface area contributed by atoms with Crippen molar-refractivity contribution in [3.63, 3.8) is 0 Å². The van der Waals surface area contributed by atoms with E-state index < -0.39 is 0 Å². The van der Waals surface area contributed by atoms with Gasteiger partial charge in [-0.1, -0.05) is 26.8 Å². The Labute approximate surface area is 117 Å². The van der Waals surface area contributed by atoms with E-state index in [1.54, 1.807) is 11.8 Å². The van der Waals surface area contributed by atoms with Crippen molar-refractivity contribution in [1.82, 2.24) is 5.32 Å². The smallest absolute Gasteiger partial charge is 0.231 e. The molecule has 5 heteroatoms. The number of benzene rings is 1. The van der Waals surface area contributed by atoms with E-state index in [-0.39, 0.29) is 17.4 Å². The normalized spacial score (nSPS) is 13.4. The number of amides is 1. The molecule has 1 N–H and O–H groups in total. The molecule has 0 aromatic heterocycles. The Morgan fingerprint density at radius 3 is 2.79 bits per heavy atom. The Balaban J connectivity index is 1.81. The molecule has 0 radical (unpaired) electrons. The minimum Gasteiger partial charge on any atom is -0.454 e. The van der Waals surface area contributed by atoms with Gasteiger partial charge in [0.05, 0.1) is 5.75 Å². The van der Waals surface area contributed by atoms with E-state index in [0.29, 0.717) is 12.3 Å². The average Bonchev–Trinajstić information content (AvgIpc) is 2.80. The zero-order valence-corrected chi connectivity index (χ0v) is 12.3. The van der Waals surface area contributed by atoms with Crippen LogP contribution in [0.4, 0.5) is 0 Å². The number of rotatable bonds is 4. The maximum absolute atomic E-state index is 11.7. The highest BCUT2D eigenvalue weighted by Gasteiger charge is 2.15. The Hall–Kier alpha value is -1.36. The van der Waals surface area contributed by atoms with Crippen LogP contribution in [0.15, 0.2) is 18.2 Å². The van der Waals surface area contributed by atoms with Gasteiger partial charge >= 0.3 is 0 Å². The molecule has 1 aliphatic rings. The predicted molar refractivity (Wildman–Crippen MR) is 76.6 cm³/mol. The van der Waals surface area contributed by atoms with Crippen molar-refractivity contribution in [3.05, 3.63) is 23.8 Å². The van der Waals surface area contributed by atoms with Gasteiger partial charge in [-0.05, 0) is 17.7 Å². The van der Waals surface area contributed by atoms with E-state index in [0.717, 1.165) is 17.1 Å². The first-order valence-corrected chi connectivity index (χ1v) is 7.22. The van der Waals surface area contributed by atoms with Crippen LogP contribution in [0, 0.1) is 0 Å². The summed E-state index contributed by atoms with van der Waals surface area (Å²) in [4.78, 5) is 11.7. The molecule has 1 aliphatic heterocycles. The monoisotopic (exact) mass is 281 g/mol. The van der Waals surface area contributed by atoms with Crippen LogP contribution in [0.5, 0.6) is 11.5 Å². The first-order valence-electron chi connectivity index (χ1n) is 6.23. The van der Waals surface area contributed by atoms with Crippen LogP contribution >= 0.6 is 11.8 Å². The quantitative estimate of drug-likeness (QED) is 0.921. The van der Waals surface area contributed by atoms with Gasteiger partial charge in [0.25, 0.3) is 0 Å². The minimum atomic E-state index is 0.0533. The van der Waals surface area contributed by atoms with Gasteiger partial charge in [0.2, 0.25) is 12.7 Å². The molecule has 1 aromatic rings. The molecule has 104 valence electrons. The van der Waals surface area contributed by atoms with E-state index in [1.807, 2.05) is 18.2 Å². The van der Waals surface area contributed by atoms with Crippen molar-refractivity contribution >= 4 is 17.7 Å². The highest BCUT2D eigenvalue weighted by Crippen LogP contribution is 2.32. The number of carbonyl (C=O) groups is 1. The SMILES string of the molecule is CC(C)(C)SCC(=O)NCc1ccc2c(c1)OCO2. The second-order valence-corrected chi connectivity index (χ2v) is 7.17. The standard InChI is InChI=1S/C14H19NO3S/c1-14(2,3)19-8-13(16)15-7-10-4-5-11-12(6-10)18-9-17-11/h4-6H,7-9H2,1-3H3,(H,15,16). The molecule has 1 heterocycles. The molecule has 2 rings (SSSR count). The molecule has 0 atom stereocenters. The van der Waals surface area contributed by atoms with E-state index >= 15 is 0 Å². The Bertz CT molecular complexity index is 468. The van der Waals surface area contributed by atoms with E-state index in [1.165, 1.54) is 0 Å². The summed E-state index contributed by atoms with van der Waals surface area (Å²) in [6.45, 7) is 7.09. The molecule has 0 bridgehead atoms. The van der Waals surface area contributed by atoms with Gasteiger partial charge in [-0.2, -0.15) is 0 Å². The third-order valence-electron chi connectivity index (χ3n) is 2.56. The van der Waals surface area contributed by atoms with Crippen molar-refractivity contribution in [1.29, 1.82) is 0 Å². The Morgan fingerprint density at radius 2 is 2.05 bits per heavy atom. The van der Waals surface area contributed by atoms with Gasteiger partial charge in [0, 0.05) is 11.3 Å². The molecule has 0 saturated heterocycles. The molecule has 0 fully saturated rings. The fourth-order valence-corrected chi connectivity index (χ4v) is 2.25. The fraction of sp³-hybridized carbons (Fsp3) is 0.500. The molecule has 0 aliphatic carbocycles. The van der Waals surface area contributed by atoms with Crippen LogP contribution in [-0.4, -0.2) is 23.2 Å². The summed E-state index contributed by atoms with van der Waals surface area (Å²) in [6, 6.07) is 5.71. The van der Waals surface area contributed by atoms with Crippen LogP contribution < -0.4 is 14.8 Å². The van der Waals surface area contributed by atoms with E-state index in [4.69, 9.17) is 9.47 Å². The summed E-state index contributed by atoms with van der Waals surface area (Å²) in [6.07, 6.45) is 0. The Kier molecular flexibility index (Phi) is 4.24. The first kappa shape index (κ1) is 14.1. The van der Waals surface area contributed by atoms with Crippen LogP contribution in [0.25, 0.3) is 0 Å². The molecule has 19 heavy (non-hydrogen) atoms. The number of ether oxygens (including phenoxy) is 2. The third kappa shape index (κ3) is 4.35. The van der Waals surface area contributed by atoms with Gasteiger partial charge in [0.15, 0.2) is 11.5 Å². The maximum atomic E-state index is 11.7. The average molecular weight is 281 g/mol. The molecule has 4 nitrogen and oxygen atoms in total. The van der Waals surface area contributed by atoms with Crippen molar-refractivity contribution in [2.45, 2.75) is 32.1 Å². The minimum absolute atomic E-state index is 0.0533. The summed E-state index contributed by atoms with van der Waals surface area (Å²) in [5.74, 6) is 2.04. The summed E-state index contributed by atoms with van der Waals surface area (Å²) in [5, 5.41) is 2.91. The molecule has 0 saturated carbocycles. The van der Waals surface area contributed by atoms with Crippen molar-refractivity contribution in [3.8, 4) is 11.5 Å². The fourth-order valence-electron chi connectivity index (χ4n) is 1.58. The number of hydrogen-bond donors (Lipinski definition) is 1. The summed E-state index contributed by atoms with van der Waals surface area (Å²) in [5.41, 5.74) is 1.01. The van der Waals surface area contributed by atoms with Crippen LogP contribution in [0.1, 0.15) is 26.3 Å². The van der Waals surface area contributed by atoms with Crippen molar-refractivity contribution in [2.24, 2.45) is 0 Å². The van der Waals surface area contributed by atoms with E-state index in [9.17, 15) is 4.79 Å². The molecule has 0 spiro atoms. The van der Waals surface area contributed by atoms with Gasteiger partial charge in [-0.15, -0.1) is 11.8 Å². The number of nitrogens with one attached hydrogen (secondary N) is 1. The van der Waals surface area contributed by atoms with E-state index in [2.05, 4.69) is 26.1 Å². The third-order valence-corrected chi connectivity index (χ3v) is 3.84. The zero-order valence-electron chi connectivity index (χ0n) is 11.5. The zero-order chi connectivity index (χ0) is 13.9. The number of fused-ring (bicyclic) bond motifs is 1. The van der Waals surface area contributed by atoms with Crippen LogP contribution in [-0.2, 0) is 11.3 Å². The van der Waals surface area contributed by atoms with Crippen molar-refractivity contribution < 1.29 is 14.3 Å². The lowest BCUT2D eigenvalue weighted by atomic mass is 10.2. The molecule has 1 amide bonds. The first-order chi connectivity index (χ1) is 8.94. The number of thioether (sulfide) groups is 1. The highest BCUT2D eigenvalue weighted by molar-refractivity contribution is 8.01. The van der Waals surface area contributed by atoms with Gasteiger partial charge in [0.1, 0.15) is 0 Å². The van der Waals surface area contributed by atoms with Crippen LogP contribution in [0.3, 0.4) is 0 Å². The number of carbonyl (C=O) groups excluding carboxylic acids is 1. The lowest BCUT2D eigenvalue weighted by molar-refractivity contribution is -0.118.